The van der Waals surface area contributed by atoms with Gasteiger partial charge in [-0.2, -0.15) is 0 Å². The normalized spacial score (nSPS) is 28.6. The van der Waals surface area contributed by atoms with Gasteiger partial charge in [-0.3, -0.25) is 4.79 Å². The van der Waals surface area contributed by atoms with Gasteiger partial charge in [0, 0.05) is 12.1 Å². The summed E-state index contributed by atoms with van der Waals surface area (Å²) < 4.78 is 5.45. The molecule has 2 aliphatic rings. The highest BCUT2D eigenvalue weighted by atomic mass is 35.5. The Kier molecular flexibility index (Phi) is 2.46. The highest BCUT2D eigenvalue weighted by Crippen LogP contribution is 2.61. The average molecular weight is 266 g/mol. The third-order valence-corrected chi connectivity index (χ3v) is 3.86. The van der Waals surface area contributed by atoms with Crippen molar-refractivity contribution in [1.82, 2.24) is 4.98 Å². The molecule has 0 bridgehead atoms. The summed E-state index contributed by atoms with van der Waals surface area (Å²) in [6.07, 6.45) is 2.73. The fourth-order valence-electron chi connectivity index (χ4n) is 2.95. The van der Waals surface area contributed by atoms with Gasteiger partial charge < -0.3 is 4.74 Å². The highest BCUT2D eigenvalue weighted by Gasteiger charge is 2.60. The van der Waals surface area contributed by atoms with Crippen LogP contribution in [0, 0.1) is 11.8 Å². The van der Waals surface area contributed by atoms with Gasteiger partial charge in [-0.1, -0.05) is 11.6 Å². The number of halogens is 1. The number of fused-ring (bicyclic) bond motifs is 3. The predicted octanol–water partition coefficient (Wildman–Crippen LogP) is 2.96. The second-order valence-corrected chi connectivity index (χ2v) is 6.55. The van der Waals surface area contributed by atoms with Gasteiger partial charge in [0.25, 0.3) is 0 Å². The van der Waals surface area contributed by atoms with Crippen LogP contribution in [-0.2, 0) is 16.0 Å². The van der Waals surface area contributed by atoms with Crippen LogP contribution in [0.3, 0.4) is 0 Å². The van der Waals surface area contributed by atoms with E-state index >= 15 is 0 Å². The summed E-state index contributed by atoms with van der Waals surface area (Å²) in [5.41, 5.74) is 2.01. The van der Waals surface area contributed by atoms with E-state index < -0.39 is 5.60 Å². The van der Waals surface area contributed by atoms with E-state index in [2.05, 4.69) is 4.98 Å². The van der Waals surface area contributed by atoms with Crippen molar-refractivity contribution in [3.8, 4) is 0 Å². The Bertz CT molecular complexity index is 521. The van der Waals surface area contributed by atoms with Crippen molar-refractivity contribution in [3.63, 3.8) is 0 Å². The summed E-state index contributed by atoms with van der Waals surface area (Å²) in [5.74, 6) is 0.660. The lowest BCUT2D eigenvalue weighted by molar-refractivity contribution is -0.157. The standard InChI is InChI=1S/C14H16ClNO2/c1-14(2,3)18-13(17)12-8-4-7-5-10(15)16-6-9(7)11(8)12/h5-6,8,11-12H,4H2,1-3H3/t8?,11?,12-/m0/s1. The van der Waals surface area contributed by atoms with Crippen molar-refractivity contribution in [1.29, 1.82) is 0 Å². The number of hydrogen-bond donors (Lipinski definition) is 0. The van der Waals surface area contributed by atoms with E-state index in [1.54, 1.807) is 0 Å². The molecule has 2 unspecified atom stereocenters. The zero-order valence-electron chi connectivity index (χ0n) is 10.7. The number of ether oxygens (including phenoxy) is 1. The van der Waals surface area contributed by atoms with Crippen LogP contribution in [0.5, 0.6) is 0 Å². The fraction of sp³-hybridized carbons (Fsp3) is 0.571. The molecule has 1 fully saturated rings. The van der Waals surface area contributed by atoms with E-state index in [4.69, 9.17) is 16.3 Å². The van der Waals surface area contributed by atoms with Crippen molar-refractivity contribution in [2.45, 2.75) is 38.7 Å². The number of rotatable bonds is 1. The summed E-state index contributed by atoms with van der Waals surface area (Å²) in [6, 6.07) is 1.91. The number of esters is 1. The molecule has 2 aliphatic carbocycles. The Morgan fingerprint density at radius 1 is 1.50 bits per heavy atom. The molecule has 1 heterocycles. The zero-order chi connectivity index (χ0) is 13.1. The number of carbonyl (C=O) groups is 1. The summed E-state index contributed by atoms with van der Waals surface area (Å²) in [4.78, 5) is 16.2. The third-order valence-electron chi connectivity index (χ3n) is 3.65. The second-order valence-electron chi connectivity index (χ2n) is 6.16. The minimum atomic E-state index is -0.408. The maximum absolute atomic E-state index is 12.0. The van der Waals surface area contributed by atoms with E-state index in [0.717, 1.165) is 6.42 Å². The molecule has 0 saturated heterocycles. The van der Waals surface area contributed by atoms with Gasteiger partial charge in [0.1, 0.15) is 10.8 Å². The van der Waals surface area contributed by atoms with Crippen LogP contribution in [0.1, 0.15) is 37.8 Å². The van der Waals surface area contributed by atoms with Gasteiger partial charge in [-0.15, -0.1) is 0 Å². The molecule has 0 aliphatic heterocycles. The summed E-state index contributed by atoms with van der Waals surface area (Å²) >= 11 is 5.87. The molecule has 18 heavy (non-hydrogen) atoms. The Morgan fingerprint density at radius 3 is 2.89 bits per heavy atom. The molecule has 0 radical (unpaired) electrons. The van der Waals surface area contributed by atoms with Crippen molar-refractivity contribution in [3.05, 3.63) is 28.5 Å². The highest BCUT2D eigenvalue weighted by molar-refractivity contribution is 6.29. The zero-order valence-corrected chi connectivity index (χ0v) is 11.5. The van der Waals surface area contributed by atoms with Crippen molar-refractivity contribution >= 4 is 17.6 Å². The predicted molar refractivity (Wildman–Crippen MR) is 68.5 cm³/mol. The van der Waals surface area contributed by atoms with E-state index in [0.29, 0.717) is 17.0 Å². The van der Waals surface area contributed by atoms with Crippen LogP contribution in [0.25, 0.3) is 0 Å². The molecule has 3 rings (SSSR count). The molecule has 3 nitrogen and oxygen atoms in total. The molecule has 1 aromatic heterocycles. The minimum Gasteiger partial charge on any atom is -0.460 e. The number of carbonyl (C=O) groups excluding carboxylic acids is 1. The number of aromatic nitrogens is 1. The molecule has 96 valence electrons. The minimum absolute atomic E-state index is 0.0275. The van der Waals surface area contributed by atoms with E-state index in [1.807, 2.05) is 33.0 Å². The quantitative estimate of drug-likeness (QED) is 0.579. The first-order valence-electron chi connectivity index (χ1n) is 6.24. The topological polar surface area (TPSA) is 39.2 Å². The number of nitrogens with zero attached hydrogens (tertiary/aromatic N) is 1. The number of pyridine rings is 1. The third kappa shape index (κ3) is 1.91. The Balaban J connectivity index is 1.76. The van der Waals surface area contributed by atoms with Crippen LogP contribution in [0.15, 0.2) is 12.3 Å². The molecule has 0 spiro atoms. The summed E-state index contributed by atoms with van der Waals surface area (Å²) in [5, 5.41) is 0.531. The van der Waals surface area contributed by atoms with Gasteiger partial charge >= 0.3 is 5.97 Å². The van der Waals surface area contributed by atoms with Gasteiger partial charge in [-0.05, 0) is 50.3 Å². The van der Waals surface area contributed by atoms with Crippen LogP contribution in [-0.4, -0.2) is 16.6 Å². The van der Waals surface area contributed by atoms with Crippen molar-refractivity contribution in [2.24, 2.45) is 11.8 Å². The molecule has 0 N–H and O–H groups in total. The summed E-state index contributed by atoms with van der Waals surface area (Å²) in [7, 11) is 0. The molecule has 0 aromatic carbocycles. The smallest absolute Gasteiger partial charge is 0.310 e. The summed E-state index contributed by atoms with van der Waals surface area (Å²) in [6.45, 7) is 5.70. The maximum atomic E-state index is 12.0. The molecular weight excluding hydrogens is 250 g/mol. The van der Waals surface area contributed by atoms with Crippen LogP contribution < -0.4 is 0 Å². The van der Waals surface area contributed by atoms with Crippen molar-refractivity contribution in [2.75, 3.05) is 0 Å². The van der Waals surface area contributed by atoms with Gasteiger partial charge in [0.15, 0.2) is 0 Å². The number of hydrogen-bond acceptors (Lipinski definition) is 3. The molecule has 3 atom stereocenters. The molecule has 4 heteroatoms. The van der Waals surface area contributed by atoms with Gasteiger partial charge in [0.2, 0.25) is 0 Å². The van der Waals surface area contributed by atoms with Crippen LogP contribution in [0.2, 0.25) is 5.15 Å². The first-order chi connectivity index (χ1) is 8.37. The average Bonchev–Trinajstić information content (AvgIpc) is 2.80. The maximum Gasteiger partial charge on any atom is 0.310 e. The SMILES string of the molecule is CC(C)(C)OC(=O)[C@H]1C2Cc3cc(Cl)ncc3C21. The lowest BCUT2D eigenvalue weighted by Gasteiger charge is -2.20. The first kappa shape index (κ1) is 12.0. The first-order valence-corrected chi connectivity index (χ1v) is 6.62. The van der Waals surface area contributed by atoms with E-state index in [-0.39, 0.29) is 11.9 Å². The fourth-order valence-corrected chi connectivity index (χ4v) is 3.13. The second kappa shape index (κ2) is 3.70. The van der Waals surface area contributed by atoms with Crippen LogP contribution in [0.4, 0.5) is 0 Å². The largest absolute Gasteiger partial charge is 0.460 e. The van der Waals surface area contributed by atoms with E-state index in [9.17, 15) is 4.79 Å². The Labute approximate surface area is 112 Å². The Hall–Kier alpha value is -1.09. The molecular formula is C14H16ClNO2. The van der Waals surface area contributed by atoms with Crippen molar-refractivity contribution < 1.29 is 9.53 Å². The molecule has 1 saturated carbocycles. The van der Waals surface area contributed by atoms with Crippen LogP contribution >= 0.6 is 11.6 Å². The Morgan fingerprint density at radius 2 is 2.22 bits per heavy atom. The lowest BCUT2D eigenvalue weighted by atomic mass is 10.0. The monoisotopic (exact) mass is 265 g/mol. The van der Waals surface area contributed by atoms with Gasteiger partial charge in [0.05, 0.1) is 5.92 Å². The molecule has 0 amide bonds. The van der Waals surface area contributed by atoms with Gasteiger partial charge in [-0.25, -0.2) is 4.98 Å². The lowest BCUT2D eigenvalue weighted by Crippen LogP contribution is -2.26. The molecule has 1 aromatic rings. The van der Waals surface area contributed by atoms with E-state index in [1.165, 1.54) is 11.1 Å².